The zero-order valence-electron chi connectivity index (χ0n) is 21.3. The molecule has 1 aromatic rings. The van der Waals surface area contributed by atoms with Crippen LogP contribution in [0.1, 0.15) is 86.1 Å². The van der Waals surface area contributed by atoms with Crippen molar-refractivity contribution in [1.82, 2.24) is 0 Å². The first-order chi connectivity index (χ1) is 15.2. The predicted molar refractivity (Wildman–Crippen MR) is 131 cm³/mol. The molecule has 0 unspecified atom stereocenters. The highest BCUT2D eigenvalue weighted by Crippen LogP contribution is 2.75. The molecule has 3 aliphatic rings. The molecule has 0 radical (unpaired) electrons. The Morgan fingerprint density at radius 2 is 1.67 bits per heavy atom. The average molecular weight is 453 g/mol. The molecular weight excluding hydrogens is 412 g/mol. The number of hydrogen-bond donors (Lipinski definition) is 1. The first-order valence-electron chi connectivity index (χ1n) is 12.5. The lowest BCUT2D eigenvalue weighted by Crippen LogP contribution is -2.42. The Morgan fingerprint density at radius 1 is 1.03 bits per heavy atom. The number of hydrogen-bond acceptors (Lipinski definition) is 3. The van der Waals surface area contributed by atoms with Crippen LogP contribution < -0.4 is 4.74 Å². The monoisotopic (exact) mass is 452 g/mol. The van der Waals surface area contributed by atoms with E-state index in [2.05, 4.69) is 27.7 Å². The van der Waals surface area contributed by atoms with Crippen LogP contribution in [0.4, 0.5) is 0 Å². The van der Waals surface area contributed by atoms with E-state index in [1.807, 2.05) is 39.0 Å². The van der Waals surface area contributed by atoms with E-state index in [9.17, 15) is 14.7 Å². The van der Waals surface area contributed by atoms with Crippen molar-refractivity contribution >= 4 is 18.0 Å². The zero-order valence-corrected chi connectivity index (χ0v) is 21.3. The van der Waals surface area contributed by atoms with Crippen LogP contribution >= 0.6 is 0 Å². The maximum atomic E-state index is 12.6. The summed E-state index contributed by atoms with van der Waals surface area (Å²) in [7, 11) is 0. The third-order valence-electron chi connectivity index (χ3n) is 9.68. The van der Waals surface area contributed by atoms with Crippen molar-refractivity contribution in [3.05, 3.63) is 35.4 Å². The van der Waals surface area contributed by atoms with Gasteiger partial charge in [0.1, 0.15) is 5.75 Å². The SMILES string of the molecule is C[C@@H]1CC[C@H]2C(C)(C)[C@H]3C[C@@]12CC[C@@]3(C)/C(=C\c1ccc(OC(=O)C(C)(C)C)cc1)C(=O)O. The fraction of sp³-hybridized carbons (Fsp3) is 0.655. The second kappa shape index (κ2) is 7.71. The lowest BCUT2D eigenvalue weighted by atomic mass is 9.56. The zero-order chi connectivity index (χ0) is 24.4. The molecule has 0 amide bonds. The number of carbonyl (C=O) groups excluding carboxylic acids is 1. The Kier molecular flexibility index (Phi) is 5.62. The van der Waals surface area contributed by atoms with Gasteiger partial charge >= 0.3 is 11.9 Å². The van der Waals surface area contributed by atoms with Gasteiger partial charge in [0.2, 0.25) is 0 Å². The number of rotatable bonds is 4. The minimum absolute atomic E-state index is 0.134. The van der Waals surface area contributed by atoms with Crippen LogP contribution in [0.5, 0.6) is 5.75 Å². The topological polar surface area (TPSA) is 63.6 Å². The van der Waals surface area contributed by atoms with E-state index in [0.717, 1.165) is 30.7 Å². The molecule has 1 aromatic carbocycles. The molecule has 180 valence electrons. The Hall–Kier alpha value is -2.10. The van der Waals surface area contributed by atoms with Crippen molar-refractivity contribution < 1.29 is 19.4 Å². The van der Waals surface area contributed by atoms with Crippen LogP contribution in [0.3, 0.4) is 0 Å². The largest absolute Gasteiger partial charge is 0.478 e. The van der Waals surface area contributed by atoms with E-state index in [1.165, 1.54) is 12.8 Å². The lowest BCUT2D eigenvalue weighted by molar-refractivity contribution is -0.143. The van der Waals surface area contributed by atoms with E-state index < -0.39 is 11.4 Å². The molecule has 0 aliphatic heterocycles. The highest BCUT2D eigenvalue weighted by Gasteiger charge is 2.68. The predicted octanol–water partition coefficient (Wildman–Crippen LogP) is 6.98. The molecule has 4 nitrogen and oxygen atoms in total. The first kappa shape index (κ1) is 24.0. The number of aliphatic carboxylic acids is 1. The fourth-order valence-electron chi connectivity index (χ4n) is 7.77. The number of carbonyl (C=O) groups is 2. The molecule has 0 heterocycles. The van der Waals surface area contributed by atoms with Gasteiger partial charge in [-0.1, -0.05) is 39.8 Å². The first-order valence-corrected chi connectivity index (χ1v) is 12.5. The van der Waals surface area contributed by atoms with Crippen molar-refractivity contribution in [3.8, 4) is 5.75 Å². The smallest absolute Gasteiger partial charge is 0.332 e. The van der Waals surface area contributed by atoms with Gasteiger partial charge in [0, 0.05) is 11.0 Å². The van der Waals surface area contributed by atoms with Crippen LogP contribution in [-0.4, -0.2) is 17.0 Å². The molecular formula is C29H40O4. The summed E-state index contributed by atoms with van der Waals surface area (Å²) in [6.07, 6.45) is 7.65. The molecule has 3 saturated carbocycles. The van der Waals surface area contributed by atoms with Gasteiger partial charge in [-0.25, -0.2) is 4.79 Å². The Balaban J connectivity index is 1.64. The van der Waals surface area contributed by atoms with Crippen molar-refractivity contribution in [2.75, 3.05) is 0 Å². The minimum Gasteiger partial charge on any atom is -0.478 e. The Labute approximate surface area is 198 Å². The molecule has 3 fully saturated rings. The summed E-state index contributed by atoms with van der Waals surface area (Å²) in [5.74, 6) is 1.16. The van der Waals surface area contributed by atoms with E-state index in [4.69, 9.17) is 4.74 Å². The molecule has 1 N–H and O–H groups in total. The Morgan fingerprint density at radius 3 is 2.24 bits per heavy atom. The molecule has 33 heavy (non-hydrogen) atoms. The van der Waals surface area contributed by atoms with Gasteiger partial charge < -0.3 is 9.84 Å². The maximum Gasteiger partial charge on any atom is 0.332 e. The van der Waals surface area contributed by atoms with Crippen molar-refractivity contribution in [3.63, 3.8) is 0 Å². The van der Waals surface area contributed by atoms with E-state index in [-0.39, 0.29) is 16.8 Å². The van der Waals surface area contributed by atoms with E-state index in [0.29, 0.717) is 28.6 Å². The van der Waals surface area contributed by atoms with Crippen LogP contribution in [0.2, 0.25) is 0 Å². The fourth-order valence-corrected chi connectivity index (χ4v) is 7.77. The van der Waals surface area contributed by atoms with Crippen molar-refractivity contribution in [2.45, 2.75) is 80.6 Å². The number of ether oxygens (including phenoxy) is 1. The van der Waals surface area contributed by atoms with Gasteiger partial charge in [-0.3, -0.25) is 4.79 Å². The number of benzene rings is 1. The normalized spacial score (nSPS) is 35.2. The van der Waals surface area contributed by atoms with Crippen LogP contribution in [0.15, 0.2) is 29.8 Å². The summed E-state index contributed by atoms with van der Waals surface area (Å²) >= 11 is 0. The number of esters is 1. The molecule has 1 spiro atoms. The maximum absolute atomic E-state index is 12.6. The summed E-state index contributed by atoms with van der Waals surface area (Å²) in [6, 6.07) is 7.19. The quantitative estimate of drug-likeness (QED) is 0.304. The highest BCUT2D eigenvalue weighted by molar-refractivity contribution is 5.94. The van der Waals surface area contributed by atoms with Gasteiger partial charge in [0.15, 0.2) is 0 Å². The van der Waals surface area contributed by atoms with E-state index >= 15 is 0 Å². The molecule has 3 aliphatic carbocycles. The standard InChI is InChI=1S/C29H40O4/c1-18-8-13-22-27(5,6)23-17-29(18,22)15-14-28(23,7)21(24(30)31)16-19-9-11-20(12-10-19)33-25(32)26(2,3)4/h9-12,16,18,22-23H,8,13-15,17H2,1-7H3,(H,30,31)/b21-16-/t18-,22+,23-,28+,29+/m1/s1. The molecule has 2 bridgehead atoms. The van der Waals surface area contributed by atoms with Crippen molar-refractivity contribution in [2.24, 2.45) is 39.4 Å². The summed E-state index contributed by atoms with van der Waals surface area (Å²) in [6.45, 7) is 14.9. The molecule has 0 aromatic heterocycles. The van der Waals surface area contributed by atoms with Crippen LogP contribution in [-0.2, 0) is 9.59 Å². The van der Waals surface area contributed by atoms with Gasteiger partial charge in [0.05, 0.1) is 5.41 Å². The molecule has 5 atom stereocenters. The summed E-state index contributed by atoms with van der Waals surface area (Å²) in [4.78, 5) is 24.8. The number of fused-ring (bicyclic) bond motifs is 1. The summed E-state index contributed by atoms with van der Waals surface area (Å²) < 4.78 is 5.47. The van der Waals surface area contributed by atoms with Gasteiger partial charge in [-0.2, -0.15) is 0 Å². The number of carboxylic acid groups (broad SMARTS) is 1. The lowest BCUT2D eigenvalue weighted by Gasteiger charge is -2.48. The van der Waals surface area contributed by atoms with E-state index in [1.54, 1.807) is 12.1 Å². The molecule has 4 rings (SSSR count). The van der Waals surface area contributed by atoms with Crippen molar-refractivity contribution in [1.29, 1.82) is 0 Å². The van der Waals surface area contributed by atoms with Crippen LogP contribution in [0, 0.1) is 39.4 Å². The third kappa shape index (κ3) is 3.74. The third-order valence-corrected chi connectivity index (χ3v) is 9.68. The Bertz CT molecular complexity index is 980. The van der Waals surface area contributed by atoms with Gasteiger partial charge in [0.25, 0.3) is 0 Å². The van der Waals surface area contributed by atoms with Gasteiger partial charge in [-0.05, 0) is 105 Å². The minimum atomic E-state index is -0.822. The number of carboxylic acids is 1. The van der Waals surface area contributed by atoms with Gasteiger partial charge in [-0.15, -0.1) is 0 Å². The van der Waals surface area contributed by atoms with Crippen LogP contribution in [0.25, 0.3) is 6.08 Å². The summed E-state index contributed by atoms with van der Waals surface area (Å²) in [5.41, 5.74) is 0.940. The second-order valence-corrected chi connectivity index (χ2v) is 12.8. The second-order valence-electron chi connectivity index (χ2n) is 12.8. The highest BCUT2D eigenvalue weighted by atomic mass is 16.5. The molecule has 0 saturated heterocycles. The average Bonchev–Trinajstić information content (AvgIpc) is 3.14. The summed E-state index contributed by atoms with van der Waals surface area (Å²) in [5, 5.41) is 10.3. The molecule has 4 heteroatoms.